The van der Waals surface area contributed by atoms with Crippen LogP contribution in [0.3, 0.4) is 0 Å². The SMILES string of the molecule is CCCC(=O)OC/C=C/[Si](OCC)(OCC)OCC. The summed E-state index contributed by atoms with van der Waals surface area (Å²) in [7, 11) is -2.76. The van der Waals surface area contributed by atoms with Crippen LogP contribution in [0.4, 0.5) is 0 Å². The van der Waals surface area contributed by atoms with Crippen molar-refractivity contribution < 1.29 is 22.8 Å². The van der Waals surface area contributed by atoms with Gasteiger partial charge in [0, 0.05) is 26.2 Å². The molecule has 112 valence electrons. The fraction of sp³-hybridized carbons (Fsp3) is 0.769. The van der Waals surface area contributed by atoms with Crippen LogP contribution in [-0.2, 0) is 22.8 Å². The smallest absolute Gasteiger partial charge is 0.461 e. The van der Waals surface area contributed by atoms with Gasteiger partial charge < -0.3 is 18.0 Å². The Balaban J connectivity index is 4.39. The molecule has 0 radical (unpaired) electrons. The van der Waals surface area contributed by atoms with Crippen molar-refractivity contribution in [1.29, 1.82) is 0 Å². The maximum atomic E-state index is 11.2. The highest BCUT2D eigenvalue weighted by atomic mass is 28.4. The second kappa shape index (κ2) is 11.2. The molecule has 0 saturated carbocycles. The van der Waals surface area contributed by atoms with Crippen molar-refractivity contribution in [2.24, 2.45) is 0 Å². The number of hydrogen-bond acceptors (Lipinski definition) is 5. The first kappa shape index (κ1) is 18.3. The highest BCUT2D eigenvalue weighted by molar-refractivity contribution is 6.66. The van der Waals surface area contributed by atoms with Crippen LogP contribution in [0.2, 0.25) is 0 Å². The molecule has 0 unspecified atom stereocenters. The van der Waals surface area contributed by atoms with Crippen LogP contribution in [0.15, 0.2) is 11.8 Å². The highest BCUT2D eigenvalue weighted by Gasteiger charge is 2.37. The van der Waals surface area contributed by atoms with Gasteiger partial charge in [-0.15, -0.1) is 0 Å². The molecule has 0 atom stereocenters. The van der Waals surface area contributed by atoms with Gasteiger partial charge in [-0.3, -0.25) is 4.79 Å². The number of ether oxygens (including phenoxy) is 1. The van der Waals surface area contributed by atoms with Crippen molar-refractivity contribution in [2.75, 3.05) is 26.4 Å². The minimum absolute atomic E-state index is 0.191. The zero-order valence-corrected chi connectivity index (χ0v) is 13.4. The van der Waals surface area contributed by atoms with Crippen molar-refractivity contribution in [2.45, 2.75) is 40.5 Å². The van der Waals surface area contributed by atoms with Gasteiger partial charge in [0.25, 0.3) is 0 Å². The molecule has 6 heteroatoms. The second-order valence-electron chi connectivity index (χ2n) is 3.74. The molecule has 0 aromatic heterocycles. The van der Waals surface area contributed by atoms with Crippen LogP contribution in [-0.4, -0.2) is 41.2 Å². The van der Waals surface area contributed by atoms with Gasteiger partial charge in [0.1, 0.15) is 6.61 Å². The molecule has 0 aromatic carbocycles. The predicted octanol–water partition coefficient (Wildman–Crippen LogP) is 2.47. The van der Waals surface area contributed by atoms with Gasteiger partial charge in [-0.1, -0.05) is 6.92 Å². The van der Waals surface area contributed by atoms with Gasteiger partial charge in [0.2, 0.25) is 0 Å². The molecule has 0 bridgehead atoms. The second-order valence-corrected chi connectivity index (χ2v) is 6.14. The average molecular weight is 290 g/mol. The topological polar surface area (TPSA) is 54.0 Å². The minimum atomic E-state index is -2.76. The lowest BCUT2D eigenvalue weighted by Gasteiger charge is -2.25. The molecule has 0 fully saturated rings. The van der Waals surface area contributed by atoms with Crippen LogP contribution in [0, 0.1) is 0 Å². The van der Waals surface area contributed by atoms with E-state index >= 15 is 0 Å². The van der Waals surface area contributed by atoms with Crippen LogP contribution in [0.1, 0.15) is 40.5 Å². The lowest BCUT2D eigenvalue weighted by atomic mass is 10.3. The molecular formula is C13H26O5Si. The molecule has 5 nitrogen and oxygen atoms in total. The Labute approximate surface area is 117 Å². The Kier molecular flexibility index (Phi) is 10.8. The predicted molar refractivity (Wildman–Crippen MR) is 75.6 cm³/mol. The van der Waals surface area contributed by atoms with Crippen molar-refractivity contribution >= 4 is 14.8 Å². The lowest BCUT2D eigenvalue weighted by molar-refractivity contribution is -0.142. The maximum Gasteiger partial charge on any atom is 0.529 e. The summed E-state index contributed by atoms with van der Waals surface area (Å²) >= 11 is 0. The Bertz CT molecular complexity index is 251. The van der Waals surface area contributed by atoms with E-state index in [1.165, 1.54) is 0 Å². The zero-order valence-electron chi connectivity index (χ0n) is 12.4. The number of esters is 1. The molecular weight excluding hydrogens is 264 g/mol. The monoisotopic (exact) mass is 290 g/mol. The van der Waals surface area contributed by atoms with Gasteiger partial charge in [0.05, 0.1) is 0 Å². The molecule has 0 N–H and O–H groups in total. The van der Waals surface area contributed by atoms with E-state index in [1.807, 2.05) is 27.7 Å². The number of carbonyl (C=O) groups excluding carboxylic acids is 1. The van der Waals surface area contributed by atoms with Crippen LogP contribution < -0.4 is 0 Å². The zero-order chi connectivity index (χ0) is 14.6. The number of carbonyl (C=O) groups is 1. The molecule has 0 aliphatic carbocycles. The van der Waals surface area contributed by atoms with E-state index in [0.29, 0.717) is 26.2 Å². The summed E-state index contributed by atoms with van der Waals surface area (Å²) in [6.45, 7) is 9.42. The van der Waals surface area contributed by atoms with E-state index < -0.39 is 8.80 Å². The summed E-state index contributed by atoms with van der Waals surface area (Å²) in [5.74, 6) is -0.191. The van der Waals surface area contributed by atoms with Crippen LogP contribution in [0.5, 0.6) is 0 Å². The van der Waals surface area contributed by atoms with E-state index in [0.717, 1.165) is 6.42 Å². The van der Waals surface area contributed by atoms with Gasteiger partial charge in [0.15, 0.2) is 0 Å². The Morgan fingerprint density at radius 1 is 1.00 bits per heavy atom. The summed E-state index contributed by atoms with van der Waals surface area (Å²) in [5.41, 5.74) is 1.78. The molecule has 0 saturated heterocycles. The third-order valence-electron chi connectivity index (χ3n) is 2.15. The van der Waals surface area contributed by atoms with Crippen molar-refractivity contribution in [3.05, 3.63) is 11.8 Å². The third-order valence-corrected chi connectivity index (χ3v) is 4.87. The van der Waals surface area contributed by atoms with Crippen LogP contribution >= 0.6 is 0 Å². The highest BCUT2D eigenvalue weighted by Crippen LogP contribution is 2.11. The van der Waals surface area contributed by atoms with Crippen molar-refractivity contribution in [3.63, 3.8) is 0 Å². The van der Waals surface area contributed by atoms with Gasteiger partial charge in [-0.2, -0.15) is 0 Å². The van der Waals surface area contributed by atoms with E-state index in [4.69, 9.17) is 18.0 Å². The number of rotatable bonds is 11. The Hall–Kier alpha value is -0.693. The Morgan fingerprint density at radius 2 is 1.53 bits per heavy atom. The first-order chi connectivity index (χ1) is 9.14. The Morgan fingerprint density at radius 3 is 1.95 bits per heavy atom. The fourth-order valence-corrected chi connectivity index (χ4v) is 3.61. The third kappa shape index (κ3) is 8.15. The molecule has 19 heavy (non-hydrogen) atoms. The quantitative estimate of drug-likeness (QED) is 0.432. The standard InChI is InChI=1S/C13H26O5Si/c1-5-10-13(14)15-11-9-12-19(16-6-2,17-7-3)18-8-4/h9,12H,5-8,10-11H2,1-4H3/b12-9+. The first-order valence-electron chi connectivity index (χ1n) is 6.89. The molecule has 0 heterocycles. The summed E-state index contributed by atoms with van der Waals surface area (Å²) in [6, 6.07) is 0. The summed E-state index contributed by atoms with van der Waals surface area (Å²) < 4.78 is 21.9. The lowest BCUT2D eigenvalue weighted by Crippen LogP contribution is -2.44. The molecule has 0 aliphatic rings. The van der Waals surface area contributed by atoms with Crippen molar-refractivity contribution in [1.82, 2.24) is 0 Å². The van der Waals surface area contributed by atoms with Gasteiger partial charge >= 0.3 is 14.8 Å². The van der Waals surface area contributed by atoms with Gasteiger partial charge in [-0.25, -0.2) is 0 Å². The maximum absolute atomic E-state index is 11.2. The molecule has 0 aliphatic heterocycles. The molecule has 0 rings (SSSR count). The molecule has 0 aromatic rings. The normalized spacial score (nSPS) is 12.0. The van der Waals surface area contributed by atoms with Gasteiger partial charge in [-0.05, 0) is 39.0 Å². The van der Waals surface area contributed by atoms with E-state index in [-0.39, 0.29) is 12.6 Å². The number of hydrogen-bond donors (Lipinski definition) is 0. The fourth-order valence-electron chi connectivity index (χ4n) is 1.48. The first-order valence-corrected chi connectivity index (χ1v) is 8.69. The molecule has 0 amide bonds. The van der Waals surface area contributed by atoms with Crippen LogP contribution in [0.25, 0.3) is 0 Å². The summed E-state index contributed by atoms with van der Waals surface area (Å²) in [5, 5.41) is 0. The summed E-state index contributed by atoms with van der Waals surface area (Å²) in [4.78, 5) is 11.2. The van der Waals surface area contributed by atoms with E-state index in [2.05, 4.69) is 0 Å². The summed E-state index contributed by atoms with van der Waals surface area (Å²) in [6.07, 6.45) is 2.97. The van der Waals surface area contributed by atoms with E-state index in [1.54, 1.807) is 11.8 Å². The minimum Gasteiger partial charge on any atom is -0.461 e. The van der Waals surface area contributed by atoms with E-state index in [9.17, 15) is 4.79 Å². The molecule has 0 spiro atoms. The van der Waals surface area contributed by atoms with Crippen molar-refractivity contribution in [3.8, 4) is 0 Å². The largest absolute Gasteiger partial charge is 0.529 e. The average Bonchev–Trinajstić information content (AvgIpc) is 2.36.